The zero-order chi connectivity index (χ0) is 13.3. The van der Waals surface area contributed by atoms with Crippen molar-refractivity contribution in [3.63, 3.8) is 0 Å². The summed E-state index contributed by atoms with van der Waals surface area (Å²) >= 11 is 0. The summed E-state index contributed by atoms with van der Waals surface area (Å²) in [6.07, 6.45) is -0.420. The summed E-state index contributed by atoms with van der Waals surface area (Å²) in [5.41, 5.74) is -0.586. The lowest BCUT2D eigenvalue weighted by Gasteiger charge is -2.25. The second kappa shape index (κ2) is 4.51. The predicted molar refractivity (Wildman–Crippen MR) is 60.6 cm³/mol. The SMILES string of the molecule is CC(OC(=O)OC(C)(C)C)On1on1N1CCC1. The van der Waals surface area contributed by atoms with Gasteiger partial charge in [-0.05, 0) is 27.2 Å². The van der Waals surface area contributed by atoms with E-state index in [1.807, 2.05) is 5.01 Å². The molecule has 8 nitrogen and oxygen atoms in total. The van der Waals surface area contributed by atoms with Crippen molar-refractivity contribution in [3.8, 4) is 0 Å². The van der Waals surface area contributed by atoms with Crippen molar-refractivity contribution in [1.29, 1.82) is 0 Å². The summed E-state index contributed by atoms with van der Waals surface area (Å²) in [6, 6.07) is 0. The Morgan fingerprint density at radius 2 is 2.00 bits per heavy atom. The molecule has 0 amide bonds. The number of aromatic nitrogens is 2. The standard InChI is InChI=1S/C10H19N3O5/c1-8(15-9(14)16-10(2,3)4)17-13-12(18-13)11-6-5-7-11/h8H,5-7H2,1-4H3. The van der Waals surface area contributed by atoms with E-state index in [2.05, 4.69) is 0 Å². The van der Waals surface area contributed by atoms with Gasteiger partial charge in [0.05, 0.1) is 0 Å². The van der Waals surface area contributed by atoms with Crippen LogP contribution in [0.1, 0.15) is 34.1 Å². The Morgan fingerprint density at radius 1 is 1.33 bits per heavy atom. The Kier molecular flexibility index (Phi) is 3.18. The summed E-state index contributed by atoms with van der Waals surface area (Å²) in [5.74, 6) is 0. The molecule has 1 aliphatic rings. The molecule has 0 bridgehead atoms. The van der Waals surface area contributed by atoms with Crippen molar-refractivity contribution in [2.75, 3.05) is 18.1 Å². The number of rotatable bonds is 4. The van der Waals surface area contributed by atoms with Gasteiger partial charge in [-0.25, -0.2) is 4.79 Å². The quantitative estimate of drug-likeness (QED) is 0.593. The fourth-order valence-electron chi connectivity index (χ4n) is 1.29. The Balaban J connectivity index is 1.70. The third-order valence-corrected chi connectivity index (χ3v) is 2.22. The molecule has 2 heterocycles. The number of ether oxygens (including phenoxy) is 2. The van der Waals surface area contributed by atoms with E-state index >= 15 is 0 Å². The van der Waals surface area contributed by atoms with E-state index in [-0.39, 0.29) is 0 Å². The lowest BCUT2D eigenvalue weighted by molar-refractivity contribution is -0.142. The van der Waals surface area contributed by atoms with Crippen molar-refractivity contribution in [1.82, 2.24) is 9.98 Å². The molecule has 2 rings (SSSR count). The number of carbonyl (C=O) groups excluding carboxylic acids is 1. The minimum Gasteiger partial charge on any atom is -0.428 e. The zero-order valence-electron chi connectivity index (χ0n) is 11.1. The molecule has 0 aromatic carbocycles. The van der Waals surface area contributed by atoms with E-state index in [0.29, 0.717) is 0 Å². The minimum atomic E-state index is -0.786. The molecule has 0 aliphatic carbocycles. The van der Waals surface area contributed by atoms with Crippen molar-refractivity contribution >= 4 is 6.16 Å². The molecule has 18 heavy (non-hydrogen) atoms. The Labute approximate surface area is 105 Å². The summed E-state index contributed by atoms with van der Waals surface area (Å²) in [4.78, 5) is 18.0. The van der Waals surface area contributed by atoms with Gasteiger partial charge < -0.3 is 14.3 Å². The largest absolute Gasteiger partial charge is 0.511 e. The van der Waals surface area contributed by atoms with Crippen molar-refractivity contribution < 1.29 is 23.7 Å². The van der Waals surface area contributed by atoms with E-state index in [1.165, 1.54) is 4.96 Å². The second-order valence-corrected chi connectivity index (χ2v) is 5.13. The maximum absolute atomic E-state index is 11.3. The molecule has 1 aliphatic heterocycles. The molecule has 8 heteroatoms. The van der Waals surface area contributed by atoms with Crippen molar-refractivity contribution in [3.05, 3.63) is 0 Å². The van der Waals surface area contributed by atoms with Crippen LogP contribution in [0.5, 0.6) is 0 Å². The zero-order valence-corrected chi connectivity index (χ0v) is 11.1. The van der Waals surface area contributed by atoms with Crippen molar-refractivity contribution in [2.24, 2.45) is 0 Å². The molecular formula is C10H19N3O5. The van der Waals surface area contributed by atoms with E-state index < -0.39 is 18.0 Å². The van der Waals surface area contributed by atoms with Gasteiger partial charge >= 0.3 is 6.16 Å². The number of hydrogen-bond acceptors (Lipinski definition) is 6. The molecule has 0 radical (unpaired) electrons. The average molecular weight is 261 g/mol. The van der Waals surface area contributed by atoms with Crippen LogP contribution in [-0.2, 0) is 9.47 Å². The first-order valence-corrected chi connectivity index (χ1v) is 5.95. The van der Waals surface area contributed by atoms with Crippen LogP contribution in [0.25, 0.3) is 0 Å². The summed E-state index contributed by atoms with van der Waals surface area (Å²) < 4.78 is 14.9. The topological polar surface area (TPSA) is 71.0 Å². The lowest BCUT2D eigenvalue weighted by Crippen LogP contribution is -2.44. The lowest BCUT2D eigenvalue weighted by atomic mass is 10.2. The first-order valence-electron chi connectivity index (χ1n) is 5.95. The van der Waals surface area contributed by atoms with E-state index in [1.54, 1.807) is 27.7 Å². The van der Waals surface area contributed by atoms with E-state index in [4.69, 9.17) is 18.9 Å². The van der Waals surface area contributed by atoms with Gasteiger partial charge in [-0.2, -0.15) is 4.63 Å². The number of carbonyl (C=O) groups is 1. The molecule has 1 atom stereocenters. The van der Waals surface area contributed by atoms with E-state index in [9.17, 15) is 4.79 Å². The molecular weight excluding hydrogens is 242 g/mol. The van der Waals surface area contributed by atoms with E-state index in [0.717, 1.165) is 24.5 Å². The van der Waals surface area contributed by atoms with Crippen LogP contribution in [0.15, 0.2) is 4.63 Å². The Bertz CT molecular complexity index is 395. The van der Waals surface area contributed by atoms with Crippen LogP contribution in [0.3, 0.4) is 0 Å². The smallest absolute Gasteiger partial charge is 0.428 e. The number of nitrogens with zero attached hydrogens (tertiary/aromatic N) is 3. The van der Waals surface area contributed by atoms with Gasteiger partial charge in [-0.15, -0.1) is 0 Å². The molecule has 0 spiro atoms. The van der Waals surface area contributed by atoms with Crippen LogP contribution in [0, 0.1) is 0 Å². The highest BCUT2D eigenvalue weighted by atomic mass is 17.0. The second-order valence-electron chi connectivity index (χ2n) is 5.13. The molecule has 1 saturated heterocycles. The Morgan fingerprint density at radius 3 is 2.50 bits per heavy atom. The summed E-state index contributed by atoms with van der Waals surface area (Å²) in [7, 11) is 0. The molecule has 0 N–H and O–H groups in total. The monoisotopic (exact) mass is 261 g/mol. The van der Waals surface area contributed by atoms with Gasteiger partial charge in [0.15, 0.2) is 0 Å². The maximum Gasteiger partial charge on any atom is 0.511 e. The highest BCUT2D eigenvalue weighted by molar-refractivity contribution is 5.60. The van der Waals surface area contributed by atoms with Crippen LogP contribution in [0.4, 0.5) is 4.79 Å². The van der Waals surface area contributed by atoms with Gasteiger partial charge in [0, 0.05) is 25.0 Å². The minimum absolute atomic E-state index is 0.586. The highest BCUT2D eigenvalue weighted by Gasteiger charge is 2.28. The van der Waals surface area contributed by atoms with Crippen LogP contribution in [0.2, 0.25) is 0 Å². The van der Waals surface area contributed by atoms with Crippen LogP contribution in [-0.4, -0.2) is 41.1 Å². The van der Waals surface area contributed by atoms with Gasteiger partial charge in [0.1, 0.15) is 10.6 Å². The third kappa shape index (κ3) is 3.38. The first-order chi connectivity index (χ1) is 8.35. The molecule has 1 aromatic rings. The normalized spacial score (nSPS) is 17.2. The average Bonchev–Trinajstić information content (AvgIpc) is 2.75. The fourth-order valence-corrected chi connectivity index (χ4v) is 1.29. The third-order valence-electron chi connectivity index (χ3n) is 2.22. The summed E-state index contributed by atoms with van der Waals surface area (Å²) in [5, 5.41) is 3.11. The summed E-state index contributed by atoms with van der Waals surface area (Å²) in [6.45, 7) is 8.74. The van der Waals surface area contributed by atoms with Crippen molar-refractivity contribution in [2.45, 2.75) is 46.0 Å². The number of hydrogen-bond donors (Lipinski definition) is 0. The molecule has 1 fully saturated rings. The van der Waals surface area contributed by atoms with Crippen LogP contribution >= 0.6 is 0 Å². The Hall–Kier alpha value is -1.73. The maximum atomic E-state index is 11.3. The predicted octanol–water partition coefficient (Wildman–Crippen LogP) is 0.951. The van der Waals surface area contributed by atoms with Gasteiger partial charge in [0.2, 0.25) is 0 Å². The first kappa shape index (κ1) is 12.7. The molecule has 1 unspecified atom stereocenters. The van der Waals surface area contributed by atoms with Gasteiger partial charge in [-0.3, -0.25) is 5.01 Å². The highest BCUT2D eigenvalue weighted by Crippen LogP contribution is 2.11. The molecule has 104 valence electrons. The van der Waals surface area contributed by atoms with Crippen LogP contribution < -0.4 is 9.85 Å². The molecule has 0 saturated carbocycles. The molecule has 1 aromatic heterocycles. The fraction of sp³-hybridized carbons (Fsp3) is 0.900. The van der Waals surface area contributed by atoms with Gasteiger partial charge in [0.25, 0.3) is 6.29 Å². The van der Waals surface area contributed by atoms with Gasteiger partial charge in [-0.1, -0.05) is 0 Å².